The Morgan fingerprint density at radius 1 is 1.04 bits per heavy atom. The zero-order chi connectivity index (χ0) is 16.9. The molecule has 0 aromatic heterocycles. The molecule has 0 radical (unpaired) electrons. The Morgan fingerprint density at radius 2 is 1.88 bits per heavy atom. The van der Waals surface area contributed by atoms with Crippen molar-refractivity contribution in [2.45, 2.75) is 12.5 Å². The van der Waals surface area contributed by atoms with Crippen LogP contribution < -0.4 is 10.5 Å². The number of hydrogen-bond acceptors (Lipinski definition) is 3. The van der Waals surface area contributed by atoms with E-state index in [1.165, 1.54) is 6.07 Å². The maximum absolute atomic E-state index is 13.9. The average Bonchev–Trinajstić information content (AvgIpc) is 2.61. The largest absolute Gasteiger partial charge is 0.468 e. The van der Waals surface area contributed by atoms with Gasteiger partial charge in [0.1, 0.15) is 11.6 Å². The van der Waals surface area contributed by atoms with Gasteiger partial charge < -0.3 is 15.2 Å². The van der Waals surface area contributed by atoms with Gasteiger partial charge in [-0.15, -0.1) is 0 Å². The van der Waals surface area contributed by atoms with E-state index in [0.29, 0.717) is 17.6 Å². The van der Waals surface area contributed by atoms with Gasteiger partial charge in [-0.05, 0) is 47.2 Å². The van der Waals surface area contributed by atoms with Crippen molar-refractivity contribution in [2.75, 3.05) is 13.9 Å². The summed E-state index contributed by atoms with van der Waals surface area (Å²) in [5.41, 5.74) is 8.30. The predicted octanol–water partition coefficient (Wildman–Crippen LogP) is 4.20. The summed E-state index contributed by atoms with van der Waals surface area (Å²) in [5.74, 6) is 0.507. The van der Waals surface area contributed by atoms with Gasteiger partial charge in [-0.25, -0.2) is 4.39 Å². The number of fused-ring (bicyclic) bond motifs is 1. The molecule has 0 aliphatic heterocycles. The molecular weight excluding hydrogens is 305 g/mol. The van der Waals surface area contributed by atoms with Crippen molar-refractivity contribution in [3.05, 3.63) is 77.6 Å². The van der Waals surface area contributed by atoms with Crippen LogP contribution in [0.2, 0.25) is 0 Å². The molecule has 0 aliphatic carbocycles. The van der Waals surface area contributed by atoms with Crippen LogP contribution in [0.1, 0.15) is 17.2 Å². The second kappa shape index (κ2) is 7.43. The Hall–Kier alpha value is -2.43. The first-order chi connectivity index (χ1) is 11.7. The highest BCUT2D eigenvalue weighted by Gasteiger charge is 2.10. The summed E-state index contributed by atoms with van der Waals surface area (Å²) < 4.78 is 24.3. The van der Waals surface area contributed by atoms with Crippen LogP contribution in [-0.2, 0) is 11.2 Å². The van der Waals surface area contributed by atoms with Gasteiger partial charge in [-0.3, -0.25) is 0 Å². The van der Waals surface area contributed by atoms with Gasteiger partial charge in [0.25, 0.3) is 0 Å². The fraction of sp³-hybridized carbons (Fsp3) is 0.200. The zero-order valence-corrected chi connectivity index (χ0v) is 13.5. The van der Waals surface area contributed by atoms with Crippen molar-refractivity contribution in [3.8, 4) is 5.75 Å². The molecule has 2 N–H and O–H groups in total. The molecule has 3 nitrogen and oxygen atoms in total. The van der Waals surface area contributed by atoms with Gasteiger partial charge in [-0.1, -0.05) is 36.4 Å². The summed E-state index contributed by atoms with van der Waals surface area (Å²) in [6.07, 6.45) is 0.623. The highest BCUT2D eigenvalue weighted by Crippen LogP contribution is 2.24. The van der Waals surface area contributed by atoms with E-state index < -0.39 is 0 Å². The Kier molecular flexibility index (Phi) is 5.08. The van der Waals surface area contributed by atoms with Crippen molar-refractivity contribution in [1.29, 1.82) is 0 Å². The van der Waals surface area contributed by atoms with Gasteiger partial charge in [0.2, 0.25) is 0 Å². The molecule has 0 aliphatic rings. The van der Waals surface area contributed by atoms with Crippen LogP contribution in [0, 0.1) is 5.82 Å². The van der Waals surface area contributed by atoms with Crippen LogP contribution in [0.3, 0.4) is 0 Å². The third kappa shape index (κ3) is 3.72. The summed E-state index contributed by atoms with van der Waals surface area (Å²) in [6, 6.07) is 18.3. The number of methoxy groups -OCH3 is 1. The maximum atomic E-state index is 13.9. The van der Waals surface area contributed by atoms with Crippen LogP contribution in [0.25, 0.3) is 10.8 Å². The third-order valence-electron chi connectivity index (χ3n) is 3.98. The van der Waals surface area contributed by atoms with Gasteiger partial charge in [0, 0.05) is 18.5 Å². The molecule has 1 unspecified atom stereocenters. The Bertz CT molecular complexity index is 835. The van der Waals surface area contributed by atoms with Crippen LogP contribution in [0.15, 0.2) is 60.7 Å². The van der Waals surface area contributed by atoms with Crippen molar-refractivity contribution in [3.63, 3.8) is 0 Å². The van der Waals surface area contributed by atoms with E-state index in [-0.39, 0.29) is 18.7 Å². The Morgan fingerprint density at radius 3 is 2.71 bits per heavy atom. The normalized spacial score (nSPS) is 12.3. The van der Waals surface area contributed by atoms with Crippen molar-refractivity contribution >= 4 is 10.8 Å². The van der Waals surface area contributed by atoms with Crippen LogP contribution >= 0.6 is 0 Å². The first-order valence-corrected chi connectivity index (χ1v) is 7.82. The molecule has 0 fully saturated rings. The first kappa shape index (κ1) is 16.4. The van der Waals surface area contributed by atoms with E-state index in [2.05, 4.69) is 0 Å². The number of benzene rings is 3. The summed E-state index contributed by atoms with van der Waals surface area (Å²) in [6.45, 7) is 0.197. The van der Waals surface area contributed by atoms with Crippen LogP contribution in [0.4, 0.5) is 4.39 Å². The molecule has 1 atom stereocenters. The standard InChI is InChI=1S/C20H20FNO2/c1-23-13-24-17-6-2-5-16(12-17)20(22)11-14-8-9-15-4-3-7-19(21)18(15)10-14/h2-10,12,20H,11,13,22H2,1H3. The lowest BCUT2D eigenvalue weighted by atomic mass is 9.97. The van der Waals surface area contributed by atoms with E-state index in [1.807, 2.05) is 48.5 Å². The molecule has 0 heterocycles. The fourth-order valence-corrected chi connectivity index (χ4v) is 2.74. The number of halogens is 1. The topological polar surface area (TPSA) is 44.5 Å². The lowest BCUT2D eigenvalue weighted by molar-refractivity contribution is 0.0510. The third-order valence-corrected chi connectivity index (χ3v) is 3.98. The van der Waals surface area contributed by atoms with E-state index in [9.17, 15) is 4.39 Å². The molecule has 0 spiro atoms. The van der Waals surface area contributed by atoms with Crippen molar-refractivity contribution in [1.82, 2.24) is 0 Å². The minimum atomic E-state index is -0.210. The molecule has 124 valence electrons. The minimum Gasteiger partial charge on any atom is -0.468 e. The first-order valence-electron chi connectivity index (χ1n) is 7.82. The Labute approximate surface area is 140 Å². The van der Waals surface area contributed by atoms with E-state index >= 15 is 0 Å². The average molecular weight is 325 g/mol. The monoisotopic (exact) mass is 325 g/mol. The quantitative estimate of drug-likeness (QED) is 0.691. The van der Waals surface area contributed by atoms with Crippen LogP contribution in [-0.4, -0.2) is 13.9 Å². The van der Waals surface area contributed by atoms with E-state index in [4.69, 9.17) is 15.2 Å². The molecule has 3 aromatic carbocycles. The van der Waals surface area contributed by atoms with Gasteiger partial charge >= 0.3 is 0 Å². The summed E-state index contributed by atoms with van der Waals surface area (Å²) >= 11 is 0. The molecule has 0 bridgehead atoms. The minimum absolute atomic E-state index is 0.194. The van der Waals surface area contributed by atoms with Gasteiger partial charge in [0.05, 0.1) is 0 Å². The number of ether oxygens (including phenoxy) is 2. The molecule has 0 saturated carbocycles. The number of hydrogen-bond donors (Lipinski definition) is 1. The SMILES string of the molecule is COCOc1cccc(C(N)Cc2ccc3cccc(F)c3c2)c1. The smallest absolute Gasteiger partial charge is 0.188 e. The molecule has 3 rings (SSSR count). The number of rotatable bonds is 6. The summed E-state index contributed by atoms with van der Waals surface area (Å²) in [7, 11) is 1.58. The second-order valence-electron chi connectivity index (χ2n) is 5.73. The molecule has 4 heteroatoms. The zero-order valence-electron chi connectivity index (χ0n) is 13.5. The Balaban J connectivity index is 1.79. The molecule has 24 heavy (non-hydrogen) atoms. The highest BCUT2D eigenvalue weighted by molar-refractivity contribution is 5.83. The predicted molar refractivity (Wildman–Crippen MR) is 93.5 cm³/mol. The fourth-order valence-electron chi connectivity index (χ4n) is 2.74. The second-order valence-corrected chi connectivity index (χ2v) is 5.73. The summed E-state index contributed by atoms with van der Waals surface area (Å²) in [4.78, 5) is 0. The highest BCUT2D eigenvalue weighted by atomic mass is 19.1. The molecular formula is C20H20FNO2. The lowest BCUT2D eigenvalue weighted by Crippen LogP contribution is -2.13. The maximum Gasteiger partial charge on any atom is 0.188 e. The molecule has 0 saturated heterocycles. The van der Waals surface area contributed by atoms with E-state index in [0.717, 1.165) is 16.5 Å². The summed E-state index contributed by atoms with van der Waals surface area (Å²) in [5, 5.41) is 1.52. The van der Waals surface area contributed by atoms with Crippen molar-refractivity contribution < 1.29 is 13.9 Å². The van der Waals surface area contributed by atoms with Crippen LogP contribution in [0.5, 0.6) is 5.75 Å². The number of nitrogens with two attached hydrogens (primary N) is 1. The van der Waals surface area contributed by atoms with Crippen molar-refractivity contribution in [2.24, 2.45) is 5.73 Å². The molecule has 0 amide bonds. The van der Waals surface area contributed by atoms with Gasteiger partial charge in [-0.2, -0.15) is 0 Å². The molecule has 3 aromatic rings. The van der Waals surface area contributed by atoms with Gasteiger partial charge in [0.15, 0.2) is 6.79 Å². The van der Waals surface area contributed by atoms with E-state index in [1.54, 1.807) is 13.2 Å². The lowest BCUT2D eigenvalue weighted by Gasteiger charge is -2.14.